The van der Waals surface area contributed by atoms with Gasteiger partial charge in [-0.25, -0.2) is 17.9 Å². The number of hydrogen-bond donors (Lipinski definition) is 2. The lowest BCUT2D eigenvalue weighted by Gasteiger charge is -2.39. The average Bonchev–Trinajstić information content (AvgIpc) is 2.79. The molecule has 3 N–H and O–H groups in total. The standard InChI is InChI=1S/C22H17F4N3O5S/c23-15-12-13(7-8-16(15)34-22(24,25)26)21(9-11-33-17-5-3-10-28-19(17)21)29-20(30)14-4-1-2-6-18(14)35(27,31)32/h1-8,10,12H,9,11H2,(H,29,30)(H2,27,31,32). The molecule has 0 spiro atoms. The first kappa shape index (κ1) is 24.4. The molecule has 1 unspecified atom stereocenters. The third-order valence-corrected chi connectivity index (χ3v) is 6.29. The monoisotopic (exact) mass is 511 g/mol. The molecule has 1 aliphatic heterocycles. The Bertz CT molecular complexity index is 1400. The molecule has 0 radical (unpaired) electrons. The first-order valence-electron chi connectivity index (χ1n) is 9.99. The van der Waals surface area contributed by atoms with Crippen molar-refractivity contribution in [3.8, 4) is 11.5 Å². The van der Waals surface area contributed by atoms with E-state index in [2.05, 4.69) is 15.0 Å². The zero-order chi connectivity index (χ0) is 25.4. The zero-order valence-electron chi connectivity index (χ0n) is 17.7. The van der Waals surface area contributed by atoms with Crippen molar-refractivity contribution in [3.63, 3.8) is 0 Å². The number of nitrogens with two attached hydrogens (primary N) is 1. The second-order valence-electron chi connectivity index (χ2n) is 7.54. The van der Waals surface area contributed by atoms with Gasteiger partial charge in [0.15, 0.2) is 11.6 Å². The summed E-state index contributed by atoms with van der Waals surface area (Å²) >= 11 is 0. The number of carbonyl (C=O) groups excluding carboxylic acids is 1. The maximum Gasteiger partial charge on any atom is 0.573 e. The molecule has 0 aliphatic carbocycles. The first-order valence-corrected chi connectivity index (χ1v) is 11.5. The number of nitrogens with one attached hydrogen (secondary N) is 1. The van der Waals surface area contributed by atoms with E-state index in [9.17, 15) is 30.8 Å². The predicted octanol–water partition coefficient (Wildman–Crippen LogP) is 3.22. The summed E-state index contributed by atoms with van der Waals surface area (Å²) < 4.78 is 85.8. The van der Waals surface area contributed by atoms with Crippen LogP contribution in [0.15, 0.2) is 65.7 Å². The summed E-state index contributed by atoms with van der Waals surface area (Å²) in [5.41, 5.74) is -1.68. The predicted molar refractivity (Wildman–Crippen MR) is 113 cm³/mol. The van der Waals surface area contributed by atoms with Crippen LogP contribution in [0.5, 0.6) is 11.5 Å². The van der Waals surface area contributed by atoms with Crippen LogP contribution in [-0.2, 0) is 15.6 Å². The minimum absolute atomic E-state index is 0.000784. The Labute approximate surface area is 196 Å². The van der Waals surface area contributed by atoms with Crippen molar-refractivity contribution in [1.82, 2.24) is 10.3 Å². The Morgan fingerprint density at radius 3 is 2.57 bits per heavy atom. The van der Waals surface area contributed by atoms with Crippen molar-refractivity contribution in [2.75, 3.05) is 6.61 Å². The number of ether oxygens (including phenoxy) is 2. The molecule has 1 aliphatic rings. The molecule has 0 saturated heterocycles. The topological polar surface area (TPSA) is 121 Å². The molecule has 0 fully saturated rings. The highest BCUT2D eigenvalue weighted by atomic mass is 32.2. The number of carbonyl (C=O) groups is 1. The number of fused-ring (bicyclic) bond motifs is 1. The van der Waals surface area contributed by atoms with Gasteiger partial charge >= 0.3 is 6.36 Å². The van der Waals surface area contributed by atoms with E-state index in [1.807, 2.05) is 0 Å². The Morgan fingerprint density at radius 2 is 1.89 bits per heavy atom. The summed E-state index contributed by atoms with van der Waals surface area (Å²) in [6.45, 7) is 0.0260. The van der Waals surface area contributed by atoms with E-state index in [1.54, 1.807) is 12.1 Å². The smallest absolute Gasteiger partial charge is 0.491 e. The molecular weight excluding hydrogens is 494 g/mol. The molecule has 8 nitrogen and oxygen atoms in total. The van der Waals surface area contributed by atoms with Crippen LogP contribution in [0.4, 0.5) is 17.6 Å². The Balaban J connectivity index is 1.85. The SMILES string of the molecule is NS(=O)(=O)c1ccccc1C(=O)NC1(c2ccc(OC(F)(F)F)c(F)c2)CCOc2cccnc21. The molecular formula is C22H17F4N3O5S. The van der Waals surface area contributed by atoms with Gasteiger partial charge in [-0.15, -0.1) is 13.2 Å². The van der Waals surface area contributed by atoms with Gasteiger partial charge in [0.05, 0.1) is 17.1 Å². The number of alkyl halides is 3. The zero-order valence-corrected chi connectivity index (χ0v) is 18.5. The lowest BCUT2D eigenvalue weighted by atomic mass is 9.81. The molecule has 1 amide bonds. The molecule has 1 atom stereocenters. The van der Waals surface area contributed by atoms with Gasteiger partial charge in [0.25, 0.3) is 5.91 Å². The van der Waals surface area contributed by atoms with Crippen LogP contribution in [0.1, 0.15) is 28.0 Å². The number of halogens is 4. The maximum absolute atomic E-state index is 14.7. The van der Waals surface area contributed by atoms with Crippen LogP contribution in [0.2, 0.25) is 0 Å². The number of rotatable bonds is 5. The average molecular weight is 511 g/mol. The second-order valence-corrected chi connectivity index (χ2v) is 9.07. The van der Waals surface area contributed by atoms with Crippen molar-refractivity contribution in [1.29, 1.82) is 0 Å². The molecule has 1 aromatic heterocycles. The van der Waals surface area contributed by atoms with E-state index in [1.165, 1.54) is 24.4 Å². The van der Waals surface area contributed by atoms with Crippen molar-refractivity contribution in [2.45, 2.75) is 23.2 Å². The molecule has 0 bridgehead atoms. The summed E-state index contributed by atoms with van der Waals surface area (Å²) in [6, 6.07) is 11.0. The molecule has 35 heavy (non-hydrogen) atoms. The Kier molecular flexibility index (Phi) is 6.15. The number of primary sulfonamides is 1. The molecule has 0 saturated carbocycles. The van der Waals surface area contributed by atoms with Crippen LogP contribution in [-0.4, -0.2) is 32.3 Å². The van der Waals surface area contributed by atoms with Crippen LogP contribution in [0.25, 0.3) is 0 Å². The van der Waals surface area contributed by atoms with Crippen LogP contribution in [0, 0.1) is 5.82 Å². The lowest BCUT2D eigenvalue weighted by molar-refractivity contribution is -0.275. The van der Waals surface area contributed by atoms with Crippen molar-refractivity contribution in [3.05, 3.63) is 83.4 Å². The Hall–Kier alpha value is -3.71. The minimum atomic E-state index is -5.11. The van der Waals surface area contributed by atoms with Gasteiger partial charge in [-0.1, -0.05) is 18.2 Å². The second kappa shape index (κ2) is 8.82. The van der Waals surface area contributed by atoms with E-state index < -0.39 is 44.3 Å². The van der Waals surface area contributed by atoms with Crippen molar-refractivity contribution < 1.29 is 40.2 Å². The van der Waals surface area contributed by atoms with Gasteiger partial charge in [-0.05, 0) is 42.0 Å². The summed E-state index contributed by atoms with van der Waals surface area (Å²) in [7, 11) is -4.28. The van der Waals surface area contributed by atoms with Gasteiger partial charge in [-0.2, -0.15) is 0 Å². The lowest BCUT2D eigenvalue weighted by Crippen LogP contribution is -2.50. The highest BCUT2D eigenvalue weighted by Crippen LogP contribution is 2.42. The van der Waals surface area contributed by atoms with Crippen molar-refractivity contribution in [2.24, 2.45) is 5.14 Å². The third-order valence-electron chi connectivity index (χ3n) is 5.33. The quantitative estimate of drug-likeness (QED) is 0.508. The van der Waals surface area contributed by atoms with Gasteiger partial charge in [0.1, 0.15) is 17.0 Å². The highest BCUT2D eigenvalue weighted by Gasteiger charge is 2.44. The Morgan fingerprint density at radius 1 is 1.14 bits per heavy atom. The van der Waals surface area contributed by atoms with E-state index in [-0.39, 0.29) is 35.6 Å². The number of pyridine rings is 1. The number of amides is 1. The summed E-state index contributed by atoms with van der Waals surface area (Å²) in [6.07, 6.45) is -3.72. The number of hydrogen-bond acceptors (Lipinski definition) is 6. The fourth-order valence-electron chi connectivity index (χ4n) is 3.87. The molecule has 2 heterocycles. The fourth-order valence-corrected chi connectivity index (χ4v) is 4.61. The highest BCUT2D eigenvalue weighted by molar-refractivity contribution is 7.89. The number of sulfonamides is 1. The van der Waals surface area contributed by atoms with Gasteiger partial charge in [0.2, 0.25) is 10.0 Å². The van der Waals surface area contributed by atoms with Gasteiger partial charge in [-0.3, -0.25) is 9.78 Å². The van der Waals surface area contributed by atoms with E-state index >= 15 is 0 Å². The largest absolute Gasteiger partial charge is 0.573 e. The van der Waals surface area contributed by atoms with Gasteiger partial charge < -0.3 is 14.8 Å². The summed E-state index contributed by atoms with van der Waals surface area (Å²) in [5.74, 6) is -3.03. The number of benzene rings is 2. The van der Waals surface area contributed by atoms with Crippen molar-refractivity contribution >= 4 is 15.9 Å². The molecule has 13 heteroatoms. The van der Waals surface area contributed by atoms with Crippen LogP contribution in [0.3, 0.4) is 0 Å². The van der Waals surface area contributed by atoms with Crippen LogP contribution < -0.4 is 19.9 Å². The van der Waals surface area contributed by atoms with E-state index in [4.69, 9.17) is 9.88 Å². The minimum Gasteiger partial charge on any atom is -0.491 e. The number of aromatic nitrogens is 1. The molecule has 3 aromatic rings. The maximum atomic E-state index is 14.7. The van der Waals surface area contributed by atoms with Crippen LogP contribution >= 0.6 is 0 Å². The molecule has 184 valence electrons. The first-order chi connectivity index (χ1) is 16.4. The molecule has 4 rings (SSSR count). The normalized spacial score (nSPS) is 17.7. The van der Waals surface area contributed by atoms with Gasteiger partial charge in [0, 0.05) is 12.6 Å². The summed E-state index contributed by atoms with van der Waals surface area (Å²) in [4.78, 5) is 17.2. The van der Waals surface area contributed by atoms with E-state index in [0.29, 0.717) is 0 Å². The summed E-state index contributed by atoms with van der Waals surface area (Å²) in [5, 5.41) is 7.94. The number of nitrogens with zero attached hydrogens (tertiary/aromatic N) is 1. The fraction of sp³-hybridized carbons (Fsp3) is 0.182. The molecule has 2 aromatic carbocycles. The van der Waals surface area contributed by atoms with E-state index in [0.717, 1.165) is 24.3 Å². The third kappa shape index (κ3) is 4.91.